The minimum Gasteiger partial charge on any atom is -0.466 e. The largest absolute Gasteiger partial charge is 0.466 e. The molecule has 0 saturated heterocycles. The molecule has 0 spiro atoms. The van der Waals surface area contributed by atoms with Gasteiger partial charge in [-0.15, -0.1) is 0 Å². The molecule has 0 bridgehead atoms. The van der Waals surface area contributed by atoms with Crippen LogP contribution in [0.15, 0.2) is 30.6 Å². The summed E-state index contributed by atoms with van der Waals surface area (Å²) in [4.78, 5) is 16.0. The molecule has 1 N–H and O–H groups in total. The number of aliphatic hydroxyl groups excluding tert-OH is 1. The number of hydrogen-bond acceptors (Lipinski definition) is 6. The number of hydrogen-bond donors (Lipinski definition) is 1. The van der Waals surface area contributed by atoms with Gasteiger partial charge in [0.1, 0.15) is 0 Å². The zero-order valence-electron chi connectivity index (χ0n) is 14.2. The highest BCUT2D eigenvalue weighted by molar-refractivity contribution is 5.71. The first-order valence-corrected chi connectivity index (χ1v) is 8.02. The zero-order chi connectivity index (χ0) is 17.5. The Balaban J connectivity index is 2.04. The zero-order valence-corrected chi connectivity index (χ0v) is 14.2. The van der Waals surface area contributed by atoms with Gasteiger partial charge in [0.25, 0.3) is 0 Å². The van der Waals surface area contributed by atoms with Crippen LogP contribution in [0, 0.1) is 0 Å². The van der Waals surface area contributed by atoms with Crippen molar-refractivity contribution in [1.82, 2.24) is 14.8 Å². The lowest BCUT2D eigenvalue weighted by Crippen LogP contribution is -2.21. The molecule has 0 aliphatic heterocycles. The Kier molecular flexibility index (Phi) is 6.31. The minimum absolute atomic E-state index is 0.130. The van der Waals surface area contributed by atoms with Crippen LogP contribution in [0.2, 0.25) is 0 Å². The fourth-order valence-corrected chi connectivity index (χ4v) is 2.30. The third-order valence-electron chi connectivity index (χ3n) is 3.39. The summed E-state index contributed by atoms with van der Waals surface area (Å²) < 4.78 is 12.2. The second-order valence-corrected chi connectivity index (χ2v) is 5.56. The van der Waals surface area contributed by atoms with Gasteiger partial charge in [0, 0.05) is 18.5 Å². The molecular weight excluding hydrogens is 310 g/mol. The molecule has 0 aliphatic rings. The summed E-state index contributed by atoms with van der Waals surface area (Å²) in [5.41, 5.74) is 1.07. The molecule has 0 saturated carbocycles. The fourth-order valence-electron chi connectivity index (χ4n) is 2.30. The summed E-state index contributed by atoms with van der Waals surface area (Å²) in [6, 6.07) is 5.15. The van der Waals surface area contributed by atoms with Gasteiger partial charge in [0.15, 0.2) is 6.61 Å². The summed E-state index contributed by atoms with van der Waals surface area (Å²) in [5.74, 6) is -0.186. The van der Waals surface area contributed by atoms with Crippen LogP contribution in [-0.4, -0.2) is 38.6 Å². The van der Waals surface area contributed by atoms with E-state index < -0.39 is 12.1 Å². The maximum absolute atomic E-state index is 11.7. The van der Waals surface area contributed by atoms with Crippen LogP contribution in [-0.2, 0) is 9.53 Å². The van der Waals surface area contributed by atoms with Crippen molar-refractivity contribution in [3.05, 3.63) is 36.3 Å². The second kappa shape index (κ2) is 8.44. The Morgan fingerprint density at radius 2 is 2.17 bits per heavy atom. The number of carbonyl (C=O) groups excluding carboxylic acids is 1. The lowest BCUT2D eigenvalue weighted by Gasteiger charge is -2.14. The molecule has 130 valence electrons. The van der Waals surface area contributed by atoms with Gasteiger partial charge in [-0.1, -0.05) is 13.3 Å². The van der Waals surface area contributed by atoms with Gasteiger partial charge in [-0.25, -0.2) is 14.5 Å². The number of esters is 1. The van der Waals surface area contributed by atoms with Crippen molar-refractivity contribution in [2.75, 3.05) is 6.61 Å². The van der Waals surface area contributed by atoms with Gasteiger partial charge in [-0.2, -0.15) is 5.10 Å². The summed E-state index contributed by atoms with van der Waals surface area (Å²) in [7, 11) is 0. The maximum Gasteiger partial charge on any atom is 0.344 e. The summed E-state index contributed by atoms with van der Waals surface area (Å²) in [6.07, 6.45) is 4.23. The van der Waals surface area contributed by atoms with Crippen molar-refractivity contribution >= 4 is 5.97 Å². The van der Waals surface area contributed by atoms with E-state index in [0.29, 0.717) is 11.4 Å². The highest BCUT2D eigenvalue weighted by Crippen LogP contribution is 2.22. The predicted molar refractivity (Wildman–Crippen MR) is 87.9 cm³/mol. The summed E-state index contributed by atoms with van der Waals surface area (Å²) in [5, 5.41) is 14.1. The summed E-state index contributed by atoms with van der Waals surface area (Å²) in [6.45, 7) is 5.27. The third-order valence-corrected chi connectivity index (χ3v) is 3.39. The Morgan fingerprint density at radius 3 is 2.79 bits per heavy atom. The monoisotopic (exact) mass is 333 g/mol. The molecule has 7 nitrogen and oxygen atoms in total. The number of aliphatic hydroxyl groups is 1. The molecule has 0 aromatic carbocycles. The lowest BCUT2D eigenvalue weighted by atomic mass is 10.2. The number of rotatable bonds is 8. The van der Waals surface area contributed by atoms with Crippen LogP contribution in [0.4, 0.5) is 0 Å². The summed E-state index contributed by atoms with van der Waals surface area (Å²) >= 11 is 0. The molecular formula is C17H23N3O4. The van der Waals surface area contributed by atoms with E-state index in [-0.39, 0.29) is 18.6 Å². The quantitative estimate of drug-likeness (QED) is 0.747. The molecule has 7 heteroatoms. The maximum atomic E-state index is 11.7. The number of nitrogens with zero attached hydrogens (tertiary/aromatic N) is 3. The van der Waals surface area contributed by atoms with Crippen molar-refractivity contribution in [2.45, 2.75) is 45.8 Å². The molecule has 2 aromatic rings. The average Bonchev–Trinajstić information content (AvgIpc) is 3.07. The van der Waals surface area contributed by atoms with E-state index in [1.807, 2.05) is 13.8 Å². The first-order valence-electron chi connectivity index (χ1n) is 8.02. The third kappa shape index (κ3) is 4.79. The highest BCUT2D eigenvalue weighted by atomic mass is 16.6. The highest BCUT2D eigenvalue weighted by Gasteiger charge is 2.15. The van der Waals surface area contributed by atoms with Crippen LogP contribution in [0.1, 0.15) is 45.4 Å². The van der Waals surface area contributed by atoms with E-state index in [0.717, 1.165) is 12.8 Å². The molecule has 2 heterocycles. The van der Waals surface area contributed by atoms with Gasteiger partial charge >= 0.3 is 5.97 Å². The van der Waals surface area contributed by atoms with E-state index in [4.69, 9.17) is 9.47 Å². The smallest absolute Gasteiger partial charge is 0.344 e. The Bertz CT molecular complexity index is 656. The normalized spacial score (nSPS) is 13.3. The van der Waals surface area contributed by atoms with Crippen LogP contribution in [0.5, 0.6) is 5.88 Å². The molecule has 0 fully saturated rings. The number of carbonyl (C=O) groups is 1. The number of ether oxygens (including phenoxy) is 2. The molecule has 2 aromatic heterocycles. The topological polar surface area (TPSA) is 86.5 Å². The van der Waals surface area contributed by atoms with Crippen LogP contribution >= 0.6 is 0 Å². The molecule has 0 amide bonds. The van der Waals surface area contributed by atoms with E-state index in [1.165, 1.54) is 0 Å². The van der Waals surface area contributed by atoms with Gasteiger partial charge < -0.3 is 14.6 Å². The molecule has 2 atom stereocenters. The first kappa shape index (κ1) is 17.9. The SMILES string of the molecule is CCCC(C)OC(=O)COc1ccc(-n2cccn2)c([C@H](C)O)n1. The van der Waals surface area contributed by atoms with Crippen molar-refractivity contribution < 1.29 is 19.4 Å². The molecule has 2 rings (SSSR count). The standard InChI is InChI=1S/C17H23N3O4/c1-4-6-12(2)24-16(22)11-23-15-8-7-14(17(19-15)13(3)21)20-10-5-9-18-20/h5,7-10,12-13,21H,4,6,11H2,1-3H3/t12?,13-/m0/s1. The van der Waals surface area contributed by atoms with E-state index in [2.05, 4.69) is 10.1 Å². The number of aromatic nitrogens is 3. The predicted octanol–water partition coefficient (Wildman–Crippen LogP) is 2.43. The second-order valence-electron chi connectivity index (χ2n) is 5.56. The van der Waals surface area contributed by atoms with Gasteiger partial charge in [0.05, 0.1) is 23.6 Å². The van der Waals surface area contributed by atoms with E-state index >= 15 is 0 Å². The fraction of sp³-hybridized carbons (Fsp3) is 0.471. The van der Waals surface area contributed by atoms with E-state index in [9.17, 15) is 9.90 Å². The van der Waals surface area contributed by atoms with Crippen molar-refractivity contribution in [1.29, 1.82) is 0 Å². The minimum atomic E-state index is -0.802. The van der Waals surface area contributed by atoms with E-state index in [1.54, 1.807) is 42.2 Å². The Hall–Kier alpha value is -2.41. The van der Waals surface area contributed by atoms with Crippen molar-refractivity contribution in [3.63, 3.8) is 0 Å². The Labute approximate surface area is 141 Å². The number of pyridine rings is 1. The molecule has 0 aliphatic carbocycles. The van der Waals surface area contributed by atoms with Crippen LogP contribution in [0.25, 0.3) is 5.69 Å². The van der Waals surface area contributed by atoms with Gasteiger partial charge in [0.2, 0.25) is 5.88 Å². The van der Waals surface area contributed by atoms with Gasteiger partial charge in [-0.05, 0) is 32.4 Å². The lowest BCUT2D eigenvalue weighted by molar-refractivity contribution is -0.151. The van der Waals surface area contributed by atoms with Crippen molar-refractivity contribution in [2.24, 2.45) is 0 Å². The Morgan fingerprint density at radius 1 is 1.38 bits per heavy atom. The van der Waals surface area contributed by atoms with Crippen molar-refractivity contribution in [3.8, 4) is 11.6 Å². The molecule has 0 radical (unpaired) electrons. The molecule has 24 heavy (non-hydrogen) atoms. The van der Waals surface area contributed by atoms with Crippen LogP contribution < -0.4 is 4.74 Å². The average molecular weight is 333 g/mol. The first-order chi connectivity index (χ1) is 11.5. The molecule has 1 unspecified atom stereocenters. The van der Waals surface area contributed by atoms with Crippen LogP contribution in [0.3, 0.4) is 0 Å². The van der Waals surface area contributed by atoms with Gasteiger partial charge in [-0.3, -0.25) is 0 Å².